The van der Waals surface area contributed by atoms with Crippen molar-refractivity contribution in [2.45, 2.75) is 38.5 Å². The number of nitrogens with zero attached hydrogens (tertiary/aromatic N) is 1. The minimum Gasteiger partial charge on any atom is -0.493 e. The maximum absolute atomic E-state index is 12.6. The summed E-state index contributed by atoms with van der Waals surface area (Å²) in [4.78, 5) is 17.4. The van der Waals surface area contributed by atoms with E-state index in [1.54, 1.807) is 6.07 Å². The predicted octanol–water partition coefficient (Wildman–Crippen LogP) is 3.21. The van der Waals surface area contributed by atoms with E-state index in [0.717, 1.165) is 54.7 Å². The molecule has 0 saturated carbocycles. The maximum Gasteiger partial charge on any atom is 0.251 e. The fourth-order valence-electron chi connectivity index (χ4n) is 3.56. The van der Waals surface area contributed by atoms with Crippen LogP contribution in [0.25, 0.3) is 10.9 Å². The van der Waals surface area contributed by atoms with Crippen molar-refractivity contribution in [2.75, 3.05) is 26.4 Å². The van der Waals surface area contributed by atoms with E-state index in [1.165, 1.54) is 0 Å². The van der Waals surface area contributed by atoms with Crippen molar-refractivity contribution >= 4 is 29.0 Å². The molecule has 1 aromatic heterocycles. The third-order valence-corrected chi connectivity index (χ3v) is 5.13. The van der Waals surface area contributed by atoms with Crippen LogP contribution in [0.15, 0.2) is 24.3 Å². The highest BCUT2D eigenvalue weighted by molar-refractivity contribution is 5.99. The van der Waals surface area contributed by atoms with E-state index in [-0.39, 0.29) is 11.7 Å². The molecule has 2 aromatic rings. The first-order chi connectivity index (χ1) is 14.6. The van der Waals surface area contributed by atoms with E-state index < -0.39 is 0 Å². The molecule has 0 spiro atoms. The number of nitrogens with one attached hydrogen (secondary N) is 4. The monoisotopic (exact) mass is 411 g/mol. The quantitative estimate of drug-likeness (QED) is 0.287. The number of carbonyl (C=O) groups is 1. The molecule has 1 aliphatic rings. The van der Waals surface area contributed by atoms with Crippen LogP contribution >= 0.6 is 0 Å². The maximum atomic E-state index is 12.6. The van der Waals surface area contributed by atoms with Crippen molar-refractivity contribution in [1.82, 2.24) is 15.6 Å². The molecule has 0 atom stereocenters. The van der Waals surface area contributed by atoms with Crippen LogP contribution in [-0.2, 0) is 4.74 Å². The SMILES string of the molecule is CCOc1cc(C2CCOCC2)nc2cc(C(=O)NCCCC(=N)NC=N)ccc12. The Bertz CT molecular complexity index is 909. The van der Waals surface area contributed by atoms with Crippen LogP contribution in [0.3, 0.4) is 0 Å². The molecule has 8 heteroatoms. The Morgan fingerprint density at radius 3 is 2.87 bits per heavy atom. The van der Waals surface area contributed by atoms with Gasteiger partial charge in [0, 0.05) is 54.8 Å². The van der Waals surface area contributed by atoms with Crippen molar-refractivity contribution in [3.8, 4) is 5.75 Å². The number of aromatic nitrogens is 1. The van der Waals surface area contributed by atoms with E-state index in [9.17, 15) is 4.79 Å². The number of pyridine rings is 1. The van der Waals surface area contributed by atoms with Crippen LogP contribution in [0.5, 0.6) is 5.75 Å². The summed E-state index contributed by atoms with van der Waals surface area (Å²) >= 11 is 0. The van der Waals surface area contributed by atoms with Gasteiger partial charge in [-0.05, 0) is 44.4 Å². The minimum absolute atomic E-state index is 0.167. The van der Waals surface area contributed by atoms with E-state index in [0.29, 0.717) is 37.5 Å². The molecule has 1 aromatic carbocycles. The predicted molar refractivity (Wildman–Crippen MR) is 117 cm³/mol. The van der Waals surface area contributed by atoms with Crippen molar-refractivity contribution in [2.24, 2.45) is 0 Å². The largest absolute Gasteiger partial charge is 0.493 e. The van der Waals surface area contributed by atoms with Crippen LogP contribution in [0.1, 0.15) is 54.6 Å². The van der Waals surface area contributed by atoms with Gasteiger partial charge < -0.3 is 20.1 Å². The molecule has 1 saturated heterocycles. The molecule has 1 aliphatic heterocycles. The number of amides is 1. The fraction of sp³-hybridized carbons (Fsp3) is 0.455. The molecule has 1 fully saturated rings. The van der Waals surface area contributed by atoms with Gasteiger partial charge >= 0.3 is 0 Å². The second kappa shape index (κ2) is 10.7. The van der Waals surface area contributed by atoms with Gasteiger partial charge in [0.05, 0.1) is 24.3 Å². The highest BCUT2D eigenvalue weighted by Crippen LogP contribution is 2.33. The zero-order valence-electron chi connectivity index (χ0n) is 17.3. The van der Waals surface area contributed by atoms with Crippen molar-refractivity contribution in [3.05, 3.63) is 35.5 Å². The molecular weight excluding hydrogens is 382 g/mol. The highest BCUT2D eigenvalue weighted by atomic mass is 16.5. The molecule has 0 unspecified atom stereocenters. The standard InChI is InChI=1S/C22H29N5O3/c1-2-30-20-13-18(15-7-10-29-11-8-15)27-19-12-16(5-6-17(19)20)22(28)25-9-3-4-21(24)26-14-23/h5-6,12-15H,2-4,7-11H2,1H3,(H,25,28)(H3,23,24,26). The number of amidine groups is 1. The normalized spacial score (nSPS) is 14.3. The lowest BCUT2D eigenvalue weighted by molar-refractivity contribution is 0.0845. The molecule has 30 heavy (non-hydrogen) atoms. The van der Waals surface area contributed by atoms with Gasteiger partial charge in [-0.1, -0.05) is 0 Å². The summed E-state index contributed by atoms with van der Waals surface area (Å²) < 4.78 is 11.3. The number of rotatable bonds is 9. The Morgan fingerprint density at radius 1 is 1.33 bits per heavy atom. The summed E-state index contributed by atoms with van der Waals surface area (Å²) in [6.45, 7) is 4.46. The molecule has 8 nitrogen and oxygen atoms in total. The highest BCUT2D eigenvalue weighted by Gasteiger charge is 2.20. The first-order valence-electron chi connectivity index (χ1n) is 10.4. The molecule has 3 rings (SSSR count). The van der Waals surface area contributed by atoms with Gasteiger partial charge in [0.15, 0.2) is 0 Å². The molecule has 0 aliphatic carbocycles. The summed E-state index contributed by atoms with van der Waals surface area (Å²) in [5, 5.41) is 20.8. The van der Waals surface area contributed by atoms with Gasteiger partial charge in [0.25, 0.3) is 5.91 Å². The molecule has 2 heterocycles. The number of ether oxygens (including phenoxy) is 2. The Morgan fingerprint density at radius 2 is 2.13 bits per heavy atom. The lowest BCUT2D eigenvalue weighted by Crippen LogP contribution is -2.26. The summed E-state index contributed by atoms with van der Waals surface area (Å²) in [6, 6.07) is 7.52. The summed E-state index contributed by atoms with van der Waals surface area (Å²) in [7, 11) is 0. The average molecular weight is 412 g/mol. The minimum atomic E-state index is -0.167. The Kier molecular flexibility index (Phi) is 7.73. The molecule has 1 amide bonds. The number of benzene rings is 1. The van der Waals surface area contributed by atoms with E-state index in [4.69, 9.17) is 25.3 Å². The van der Waals surface area contributed by atoms with Crippen LogP contribution in [0.2, 0.25) is 0 Å². The molecule has 160 valence electrons. The van der Waals surface area contributed by atoms with E-state index in [1.807, 2.05) is 25.1 Å². The lowest BCUT2D eigenvalue weighted by atomic mass is 9.95. The van der Waals surface area contributed by atoms with Gasteiger partial charge in [-0.15, -0.1) is 0 Å². The first-order valence-corrected chi connectivity index (χ1v) is 10.4. The van der Waals surface area contributed by atoms with Gasteiger partial charge in [0.2, 0.25) is 0 Å². The lowest BCUT2D eigenvalue weighted by Gasteiger charge is -2.22. The van der Waals surface area contributed by atoms with Gasteiger partial charge in [-0.2, -0.15) is 0 Å². The van der Waals surface area contributed by atoms with Gasteiger partial charge in [0.1, 0.15) is 5.75 Å². The Balaban J connectivity index is 1.75. The first kappa shape index (κ1) is 21.7. The molecule has 0 bridgehead atoms. The van der Waals surface area contributed by atoms with E-state index in [2.05, 4.69) is 10.6 Å². The molecular formula is C22H29N5O3. The van der Waals surface area contributed by atoms with E-state index >= 15 is 0 Å². The Hall–Kier alpha value is -3.00. The van der Waals surface area contributed by atoms with Crippen molar-refractivity contribution in [3.63, 3.8) is 0 Å². The number of hydrogen-bond acceptors (Lipinski definition) is 6. The van der Waals surface area contributed by atoms with Crippen LogP contribution in [0.4, 0.5) is 0 Å². The van der Waals surface area contributed by atoms with Crippen LogP contribution in [-0.4, -0.2) is 49.4 Å². The number of hydrogen-bond donors (Lipinski definition) is 4. The summed E-state index contributed by atoms with van der Waals surface area (Å²) in [5.41, 5.74) is 2.30. The Labute approximate surface area is 176 Å². The van der Waals surface area contributed by atoms with Crippen molar-refractivity contribution in [1.29, 1.82) is 10.8 Å². The number of fused-ring (bicyclic) bond motifs is 1. The fourth-order valence-corrected chi connectivity index (χ4v) is 3.56. The number of carbonyl (C=O) groups excluding carboxylic acids is 1. The third-order valence-electron chi connectivity index (χ3n) is 5.13. The van der Waals surface area contributed by atoms with Gasteiger partial charge in [-0.3, -0.25) is 20.6 Å². The summed E-state index contributed by atoms with van der Waals surface area (Å²) in [5.74, 6) is 1.23. The van der Waals surface area contributed by atoms with Crippen LogP contribution < -0.4 is 15.4 Å². The second-order valence-electron chi connectivity index (χ2n) is 7.22. The third kappa shape index (κ3) is 5.54. The summed E-state index contributed by atoms with van der Waals surface area (Å²) in [6.07, 6.45) is 3.95. The van der Waals surface area contributed by atoms with Gasteiger partial charge in [-0.25, -0.2) is 0 Å². The topological polar surface area (TPSA) is 120 Å². The molecule has 4 N–H and O–H groups in total. The zero-order chi connectivity index (χ0) is 21.3. The van der Waals surface area contributed by atoms with Crippen molar-refractivity contribution < 1.29 is 14.3 Å². The smallest absolute Gasteiger partial charge is 0.251 e. The second-order valence-corrected chi connectivity index (χ2v) is 7.22. The molecule has 0 radical (unpaired) electrons. The zero-order valence-corrected chi connectivity index (χ0v) is 17.3. The van der Waals surface area contributed by atoms with Crippen LogP contribution in [0, 0.1) is 10.8 Å². The average Bonchev–Trinajstić information content (AvgIpc) is 2.77.